The van der Waals surface area contributed by atoms with Gasteiger partial charge in [-0.15, -0.1) is 0 Å². The number of Topliss-reactive ketones (excluding diaryl/α,β-unsaturated/α-hetero) is 2. The van der Waals surface area contributed by atoms with Crippen molar-refractivity contribution in [1.82, 2.24) is 0 Å². The predicted molar refractivity (Wildman–Crippen MR) is 60.2 cm³/mol. The molecule has 0 aromatic heterocycles. The highest BCUT2D eigenvalue weighted by molar-refractivity contribution is 6.44. The highest BCUT2D eigenvalue weighted by Gasteiger charge is 2.20. The first-order valence-corrected chi connectivity index (χ1v) is 5.32. The number of halogens is 2. The van der Waals surface area contributed by atoms with Crippen LogP contribution in [0.5, 0.6) is 0 Å². The van der Waals surface area contributed by atoms with Gasteiger partial charge in [0.2, 0.25) is 11.6 Å². The fourth-order valence-corrected chi connectivity index (χ4v) is 1.46. The van der Waals surface area contributed by atoms with Crippen molar-refractivity contribution in [3.8, 4) is 0 Å². The molecule has 0 aliphatic rings. The Morgan fingerprint density at radius 1 is 1.38 bits per heavy atom. The van der Waals surface area contributed by atoms with E-state index in [0.717, 1.165) is 6.07 Å². The molecular formula is C12H12ClFO2. The second kappa shape index (κ2) is 5.21. The van der Waals surface area contributed by atoms with E-state index in [9.17, 15) is 14.0 Å². The number of carbonyl (C=O) groups excluding carboxylic acids is 2. The Morgan fingerprint density at radius 3 is 2.56 bits per heavy atom. The molecular weight excluding hydrogens is 231 g/mol. The number of hydrogen-bond acceptors (Lipinski definition) is 2. The van der Waals surface area contributed by atoms with Crippen LogP contribution < -0.4 is 0 Å². The van der Waals surface area contributed by atoms with Gasteiger partial charge in [-0.05, 0) is 24.1 Å². The van der Waals surface area contributed by atoms with Gasteiger partial charge in [0.1, 0.15) is 5.82 Å². The van der Waals surface area contributed by atoms with Gasteiger partial charge in [0.25, 0.3) is 0 Å². The fourth-order valence-electron chi connectivity index (χ4n) is 1.29. The molecule has 0 unspecified atom stereocenters. The molecule has 0 amide bonds. The summed E-state index contributed by atoms with van der Waals surface area (Å²) < 4.78 is 13.3. The van der Waals surface area contributed by atoms with Gasteiger partial charge in [0.05, 0.1) is 5.56 Å². The third-order valence-corrected chi connectivity index (χ3v) is 2.26. The lowest BCUT2D eigenvalue weighted by atomic mass is 10.00. The van der Waals surface area contributed by atoms with Crippen LogP contribution in [0.25, 0.3) is 0 Å². The molecule has 86 valence electrons. The Balaban J connectivity index is 2.96. The Morgan fingerprint density at radius 2 is 2.00 bits per heavy atom. The summed E-state index contributed by atoms with van der Waals surface area (Å²) in [5.74, 6) is -2.05. The van der Waals surface area contributed by atoms with E-state index in [1.165, 1.54) is 12.1 Å². The monoisotopic (exact) mass is 242 g/mol. The molecule has 0 fully saturated rings. The number of hydrogen-bond donors (Lipinski definition) is 0. The second-order valence-electron chi connectivity index (χ2n) is 3.97. The van der Waals surface area contributed by atoms with Crippen molar-refractivity contribution in [1.29, 1.82) is 0 Å². The van der Waals surface area contributed by atoms with Crippen LogP contribution >= 0.6 is 11.6 Å². The first-order chi connectivity index (χ1) is 7.41. The summed E-state index contributed by atoms with van der Waals surface area (Å²) in [5.41, 5.74) is -0.252. The van der Waals surface area contributed by atoms with Gasteiger partial charge in [-0.3, -0.25) is 9.59 Å². The lowest BCUT2D eigenvalue weighted by molar-refractivity contribution is -0.115. The van der Waals surface area contributed by atoms with Gasteiger partial charge in [-0.2, -0.15) is 0 Å². The normalized spacial score (nSPS) is 10.6. The van der Waals surface area contributed by atoms with Gasteiger partial charge in [0, 0.05) is 11.4 Å². The quantitative estimate of drug-likeness (QED) is 0.600. The molecule has 16 heavy (non-hydrogen) atoms. The van der Waals surface area contributed by atoms with Crippen molar-refractivity contribution >= 4 is 23.2 Å². The van der Waals surface area contributed by atoms with Crippen molar-refractivity contribution in [3.63, 3.8) is 0 Å². The Bertz CT molecular complexity index is 427. The summed E-state index contributed by atoms with van der Waals surface area (Å²) >= 11 is 5.64. The van der Waals surface area contributed by atoms with Crippen molar-refractivity contribution in [2.75, 3.05) is 0 Å². The van der Waals surface area contributed by atoms with Gasteiger partial charge in [-0.1, -0.05) is 25.4 Å². The molecule has 4 heteroatoms. The van der Waals surface area contributed by atoms with E-state index in [-0.39, 0.29) is 22.9 Å². The van der Waals surface area contributed by atoms with Crippen LogP contribution in [0, 0.1) is 11.7 Å². The minimum absolute atomic E-state index is 0.0682. The van der Waals surface area contributed by atoms with Crippen LogP contribution in [0.3, 0.4) is 0 Å². The molecule has 1 aromatic rings. The molecule has 0 atom stereocenters. The maximum atomic E-state index is 13.3. The van der Waals surface area contributed by atoms with Gasteiger partial charge < -0.3 is 0 Å². The molecule has 0 saturated heterocycles. The average Bonchev–Trinajstić information content (AvgIpc) is 2.19. The number of carbonyl (C=O) groups is 2. The molecule has 0 spiro atoms. The summed E-state index contributed by atoms with van der Waals surface area (Å²) in [4.78, 5) is 23.1. The fraction of sp³-hybridized carbons (Fsp3) is 0.333. The van der Waals surface area contributed by atoms with E-state index in [2.05, 4.69) is 0 Å². The molecule has 0 aliphatic carbocycles. The third-order valence-electron chi connectivity index (χ3n) is 2.02. The highest BCUT2D eigenvalue weighted by Crippen LogP contribution is 2.16. The van der Waals surface area contributed by atoms with Crippen LogP contribution in [-0.2, 0) is 4.79 Å². The minimum atomic E-state index is -0.811. The second-order valence-corrected chi connectivity index (χ2v) is 4.41. The van der Waals surface area contributed by atoms with Crippen molar-refractivity contribution < 1.29 is 14.0 Å². The number of rotatable bonds is 4. The Hall–Kier alpha value is -1.22. The molecule has 0 bridgehead atoms. The zero-order valence-corrected chi connectivity index (χ0v) is 9.84. The van der Waals surface area contributed by atoms with Gasteiger partial charge >= 0.3 is 0 Å². The summed E-state index contributed by atoms with van der Waals surface area (Å²) in [6, 6.07) is 3.59. The maximum absolute atomic E-state index is 13.3. The molecule has 1 aromatic carbocycles. The van der Waals surface area contributed by atoms with E-state index in [4.69, 9.17) is 11.6 Å². The van der Waals surface area contributed by atoms with E-state index in [1.807, 2.05) is 13.8 Å². The maximum Gasteiger partial charge on any atom is 0.231 e. The van der Waals surface area contributed by atoms with Gasteiger partial charge in [-0.25, -0.2) is 4.39 Å². The highest BCUT2D eigenvalue weighted by atomic mass is 35.5. The summed E-state index contributed by atoms with van der Waals surface area (Å²) in [6.07, 6.45) is 0.116. The summed E-state index contributed by atoms with van der Waals surface area (Å²) in [6.45, 7) is 3.64. The van der Waals surface area contributed by atoms with E-state index in [1.54, 1.807) is 0 Å². The minimum Gasteiger partial charge on any atom is -0.290 e. The first-order valence-electron chi connectivity index (χ1n) is 4.94. The standard InChI is InChI=1S/C12H12ClFO2/c1-7(2)5-11(15)12(16)9-6-8(13)3-4-10(9)14/h3-4,6-7H,5H2,1-2H3. The van der Waals surface area contributed by atoms with Crippen LogP contribution in [0.2, 0.25) is 5.02 Å². The Kier molecular flexibility index (Phi) is 4.19. The van der Waals surface area contributed by atoms with Crippen LogP contribution in [0.1, 0.15) is 30.6 Å². The molecule has 1 rings (SSSR count). The number of ketones is 2. The van der Waals surface area contributed by atoms with Crippen molar-refractivity contribution in [2.45, 2.75) is 20.3 Å². The van der Waals surface area contributed by atoms with Gasteiger partial charge in [0.15, 0.2) is 0 Å². The molecule has 2 nitrogen and oxygen atoms in total. The SMILES string of the molecule is CC(C)CC(=O)C(=O)c1cc(Cl)ccc1F. The molecule has 0 N–H and O–H groups in total. The summed E-state index contributed by atoms with van der Waals surface area (Å²) in [7, 11) is 0. The average molecular weight is 243 g/mol. The number of benzene rings is 1. The molecule has 0 radical (unpaired) electrons. The molecule has 0 aliphatic heterocycles. The zero-order valence-electron chi connectivity index (χ0n) is 9.09. The van der Waals surface area contributed by atoms with E-state index >= 15 is 0 Å². The van der Waals surface area contributed by atoms with E-state index < -0.39 is 17.4 Å². The topological polar surface area (TPSA) is 34.1 Å². The first kappa shape index (κ1) is 12.8. The Labute approximate surface area is 98.4 Å². The van der Waals surface area contributed by atoms with Crippen LogP contribution in [-0.4, -0.2) is 11.6 Å². The van der Waals surface area contributed by atoms with Crippen LogP contribution in [0.15, 0.2) is 18.2 Å². The molecule has 0 heterocycles. The smallest absolute Gasteiger partial charge is 0.231 e. The third kappa shape index (κ3) is 3.14. The lowest BCUT2D eigenvalue weighted by Gasteiger charge is -2.04. The van der Waals surface area contributed by atoms with E-state index in [0.29, 0.717) is 0 Å². The lowest BCUT2D eigenvalue weighted by Crippen LogP contribution is -2.17. The van der Waals surface area contributed by atoms with Crippen LogP contribution in [0.4, 0.5) is 4.39 Å². The summed E-state index contributed by atoms with van der Waals surface area (Å²) in [5, 5.41) is 0.238. The van der Waals surface area contributed by atoms with Crippen molar-refractivity contribution in [2.24, 2.45) is 5.92 Å². The predicted octanol–water partition coefficient (Wildman–Crippen LogP) is 3.28. The largest absolute Gasteiger partial charge is 0.290 e. The van der Waals surface area contributed by atoms with Crippen molar-refractivity contribution in [3.05, 3.63) is 34.6 Å². The molecule has 0 saturated carbocycles. The zero-order chi connectivity index (χ0) is 12.3.